The molecule has 2 rings (SSSR count). The molecule has 90 valence electrons. The Labute approximate surface area is 109 Å². The second-order valence-electron chi connectivity index (χ2n) is 4.28. The van der Waals surface area contributed by atoms with Gasteiger partial charge in [0.15, 0.2) is 0 Å². The van der Waals surface area contributed by atoms with E-state index in [4.69, 9.17) is 4.42 Å². The highest BCUT2D eigenvalue weighted by atomic mass is 79.9. The molecule has 1 aromatic carbocycles. The summed E-state index contributed by atoms with van der Waals surface area (Å²) < 4.78 is 6.79. The van der Waals surface area contributed by atoms with Gasteiger partial charge in [-0.1, -0.05) is 15.9 Å². The minimum absolute atomic E-state index is 0.375. The Morgan fingerprint density at radius 2 is 2.06 bits per heavy atom. The quantitative estimate of drug-likeness (QED) is 0.930. The Bertz CT molecular complexity index is 515. The summed E-state index contributed by atoms with van der Waals surface area (Å²) in [5.74, 6) is 1.67. The molecule has 0 aliphatic carbocycles. The van der Waals surface area contributed by atoms with Crippen LogP contribution in [0.5, 0.6) is 0 Å². The highest BCUT2D eigenvalue weighted by molar-refractivity contribution is 9.10. The van der Waals surface area contributed by atoms with Crippen molar-refractivity contribution in [1.82, 2.24) is 0 Å². The van der Waals surface area contributed by atoms with Crippen molar-refractivity contribution in [2.24, 2.45) is 0 Å². The van der Waals surface area contributed by atoms with Gasteiger partial charge in [0.1, 0.15) is 11.5 Å². The maximum atomic E-state index is 9.31. The van der Waals surface area contributed by atoms with E-state index in [-0.39, 0.29) is 6.10 Å². The van der Waals surface area contributed by atoms with Crippen LogP contribution >= 0.6 is 15.9 Å². The fraction of sp³-hybridized carbons (Fsp3) is 0.286. The molecule has 1 heterocycles. The number of aliphatic hydroxyl groups is 1. The lowest BCUT2D eigenvalue weighted by Crippen LogP contribution is -2.02. The van der Waals surface area contributed by atoms with Crippen molar-refractivity contribution in [1.29, 1.82) is 0 Å². The lowest BCUT2D eigenvalue weighted by Gasteiger charge is -2.04. The van der Waals surface area contributed by atoms with E-state index in [1.165, 1.54) is 0 Å². The molecule has 0 amide bonds. The molecule has 0 saturated heterocycles. The lowest BCUT2D eigenvalue weighted by atomic mass is 10.1. The number of rotatable bonds is 3. The first-order chi connectivity index (χ1) is 8.06. The average molecular weight is 295 g/mol. The minimum Gasteiger partial charge on any atom is -0.461 e. The molecule has 0 aliphatic heterocycles. The molecule has 1 unspecified atom stereocenters. The van der Waals surface area contributed by atoms with Crippen molar-refractivity contribution in [3.63, 3.8) is 0 Å². The number of hydrogen-bond acceptors (Lipinski definition) is 2. The summed E-state index contributed by atoms with van der Waals surface area (Å²) >= 11 is 3.44. The molecule has 1 N–H and O–H groups in total. The summed E-state index contributed by atoms with van der Waals surface area (Å²) in [4.78, 5) is 0. The van der Waals surface area contributed by atoms with E-state index in [2.05, 4.69) is 28.9 Å². The van der Waals surface area contributed by atoms with Gasteiger partial charge in [-0.05, 0) is 49.7 Å². The maximum Gasteiger partial charge on any atom is 0.134 e. The van der Waals surface area contributed by atoms with Gasteiger partial charge in [0.25, 0.3) is 0 Å². The fourth-order valence-corrected chi connectivity index (χ4v) is 2.30. The normalized spacial score (nSPS) is 12.7. The van der Waals surface area contributed by atoms with Gasteiger partial charge >= 0.3 is 0 Å². The van der Waals surface area contributed by atoms with Crippen LogP contribution < -0.4 is 0 Å². The zero-order valence-corrected chi connectivity index (χ0v) is 11.5. The zero-order chi connectivity index (χ0) is 12.4. The summed E-state index contributed by atoms with van der Waals surface area (Å²) in [7, 11) is 0. The summed E-state index contributed by atoms with van der Waals surface area (Å²) in [6.45, 7) is 3.81. The van der Waals surface area contributed by atoms with Crippen LogP contribution in [0, 0.1) is 6.92 Å². The summed E-state index contributed by atoms with van der Waals surface area (Å²) in [5.41, 5.74) is 2.25. The number of aliphatic hydroxyl groups excluding tert-OH is 1. The standard InChI is InChI=1S/C14H15BrO2/c1-9-7-11(15)3-5-13(9)14-6-4-12(17-14)8-10(2)16/h3-7,10,16H,8H2,1-2H3. The van der Waals surface area contributed by atoms with Gasteiger partial charge in [-0.15, -0.1) is 0 Å². The third-order valence-corrected chi connectivity index (χ3v) is 3.11. The molecule has 1 aromatic heterocycles. The predicted molar refractivity (Wildman–Crippen MR) is 72.0 cm³/mol. The Balaban J connectivity index is 2.30. The second-order valence-corrected chi connectivity index (χ2v) is 5.19. The van der Waals surface area contributed by atoms with Crippen molar-refractivity contribution in [3.05, 3.63) is 46.1 Å². The number of aryl methyl sites for hydroxylation is 1. The van der Waals surface area contributed by atoms with E-state index in [0.717, 1.165) is 27.1 Å². The van der Waals surface area contributed by atoms with Crippen molar-refractivity contribution in [2.75, 3.05) is 0 Å². The Kier molecular flexibility index (Phi) is 3.69. The van der Waals surface area contributed by atoms with E-state index < -0.39 is 0 Å². The second kappa shape index (κ2) is 5.07. The first-order valence-corrected chi connectivity index (χ1v) is 6.39. The predicted octanol–water partition coefficient (Wildman–Crippen LogP) is 3.94. The van der Waals surface area contributed by atoms with Gasteiger partial charge in [-0.2, -0.15) is 0 Å². The SMILES string of the molecule is Cc1cc(Br)ccc1-c1ccc(CC(C)O)o1. The van der Waals surface area contributed by atoms with Crippen LogP contribution in [-0.2, 0) is 6.42 Å². The smallest absolute Gasteiger partial charge is 0.134 e. The first kappa shape index (κ1) is 12.4. The number of hydrogen-bond donors (Lipinski definition) is 1. The summed E-state index contributed by atoms with van der Waals surface area (Å²) in [5, 5.41) is 9.31. The van der Waals surface area contributed by atoms with Crippen LogP contribution in [0.4, 0.5) is 0 Å². The fourth-order valence-electron chi connectivity index (χ4n) is 1.83. The van der Waals surface area contributed by atoms with Crippen LogP contribution in [0.1, 0.15) is 18.2 Å². The van der Waals surface area contributed by atoms with E-state index in [1.807, 2.05) is 24.3 Å². The summed E-state index contributed by atoms with van der Waals surface area (Å²) in [6.07, 6.45) is 0.176. The number of furan rings is 1. The van der Waals surface area contributed by atoms with Crippen molar-refractivity contribution in [2.45, 2.75) is 26.4 Å². The third kappa shape index (κ3) is 2.99. The molecule has 0 fully saturated rings. The van der Waals surface area contributed by atoms with Crippen LogP contribution in [0.2, 0.25) is 0 Å². The number of benzene rings is 1. The van der Waals surface area contributed by atoms with Crippen molar-refractivity contribution >= 4 is 15.9 Å². The van der Waals surface area contributed by atoms with Gasteiger partial charge in [-0.25, -0.2) is 0 Å². The molecule has 2 nitrogen and oxygen atoms in total. The largest absolute Gasteiger partial charge is 0.461 e. The topological polar surface area (TPSA) is 33.4 Å². The Morgan fingerprint density at radius 3 is 2.71 bits per heavy atom. The molecular formula is C14H15BrO2. The zero-order valence-electron chi connectivity index (χ0n) is 9.90. The third-order valence-electron chi connectivity index (χ3n) is 2.61. The van der Waals surface area contributed by atoms with E-state index in [0.29, 0.717) is 6.42 Å². The molecule has 0 saturated carbocycles. The van der Waals surface area contributed by atoms with E-state index in [1.54, 1.807) is 6.92 Å². The molecule has 17 heavy (non-hydrogen) atoms. The molecule has 0 aliphatic rings. The van der Waals surface area contributed by atoms with Gasteiger partial charge in [-0.3, -0.25) is 0 Å². The van der Waals surface area contributed by atoms with E-state index >= 15 is 0 Å². The molecule has 0 radical (unpaired) electrons. The number of halogens is 1. The molecule has 3 heteroatoms. The van der Waals surface area contributed by atoms with Crippen molar-refractivity contribution in [3.8, 4) is 11.3 Å². The lowest BCUT2D eigenvalue weighted by molar-refractivity contribution is 0.187. The van der Waals surface area contributed by atoms with Crippen LogP contribution in [0.15, 0.2) is 39.2 Å². The van der Waals surface area contributed by atoms with Gasteiger partial charge < -0.3 is 9.52 Å². The molecule has 0 spiro atoms. The van der Waals surface area contributed by atoms with E-state index in [9.17, 15) is 5.11 Å². The van der Waals surface area contributed by atoms with Crippen molar-refractivity contribution < 1.29 is 9.52 Å². The maximum absolute atomic E-state index is 9.31. The molecular weight excluding hydrogens is 280 g/mol. The van der Waals surface area contributed by atoms with Gasteiger partial charge in [0.05, 0.1) is 6.10 Å². The van der Waals surface area contributed by atoms with Gasteiger partial charge in [0.2, 0.25) is 0 Å². The summed E-state index contributed by atoms with van der Waals surface area (Å²) in [6, 6.07) is 9.97. The highest BCUT2D eigenvalue weighted by Gasteiger charge is 2.09. The van der Waals surface area contributed by atoms with Gasteiger partial charge in [0, 0.05) is 16.5 Å². The molecule has 1 atom stereocenters. The minimum atomic E-state index is -0.375. The van der Waals surface area contributed by atoms with Crippen LogP contribution in [-0.4, -0.2) is 11.2 Å². The monoisotopic (exact) mass is 294 g/mol. The first-order valence-electron chi connectivity index (χ1n) is 5.59. The Morgan fingerprint density at radius 1 is 1.29 bits per heavy atom. The molecule has 2 aromatic rings. The Hall–Kier alpha value is -1.06. The highest BCUT2D eigenvalue weighted by Crippen LogP contribution is 2.28. The average Bonchev–Trinajstić information content (AvgIpc) is 2.65. The molecule has 0 bridgehead atoms. The van der Waals surface area contributed by atoms with Crippen LogP contribution in [0.3, 0.4) is 0 Å². The van der Waals surface area contributed by atoms with Crippen LogP contribution in [0.25, 0.3) is 11.3 Å².